The van der Waals surface area contributed by atoms with Gasteiger partial charge >= 0.3 is 0 Å². The van der Waals surface area contributed by atoms with E-state index in [9.17, 15) is 13.2 Å². The van der Waals surface area contributed by atoms with Gasteiger partial charge in [-0.3, -0.25) is 4.79 Å². The van der Waals surface area contributed by atoms with Gasteiger partial charge in [-0.15, -0.1) is 0 Å². The summed E-state index contributed by atoms with van der Waals surface area (Å²) in [4.78, 5) is 12.9. The molecule has 1 N–H and O–H groups in total. The van der Waals surface area contributed by atoms with Crippen LogP contribution in [0.5, 0.6) is 11.5 Å². The molecule has 0 bridgehead atoms. The van der Waals surface area contributed by atoms with E-state index in [-0.39, 0.29) is 10.5 Å². The highest BCUT2D eigenvalue weighted by Gasteiger charge is 2.29. The number of carbonyl (C=O) groups is 1. The molecule has 1 fully saturated rings. The number of rotatable bonds is 6. The van der Waals surface area contributed by atoms with Gasteiger partial charge in [-0.05, 0) is 25.0 Å². The molecule has 150 valence electrons. The first kappa shape index (κ1) is 20.2. The zero-order valence-electron chi connectivity index (χ0n) is 16.0. The summed E-state index contributed by atoms with van der Waals surface area (Å²) in [6.07, 6.45) is 2.68. The first-order chi connectivity index (χ1) is 13.5. The number of ether oxygens (including phenoxy) is 2. The van der Waals surface area contributed by atoms with E-state index >= 15 is 0 Å². The highest BCUT2D eigenvalue weighted by atomic mass is 32.2. The topological polar surface area (TPSA) is 84.9 Å². The van der Waals surface area contributed by atoms with E-state index in [0.717, 1.165) is 19.3 Å². The molecule has 3 rings (SSSR count). The van der Waals surface area contributed by atoms with Gasteiger partial charge in [0.25, 0.3) is 5.91 Å². The molecule has 2 aromatic rings. The summed E-state index contributed by atoms with van der Waals surface area (Å²) in [5, 5.41) is 2.74. The van der Waals surface area contributed by atoms with Gasteiger partial charge in [0, 0.05) is 37.0 Å². The second kappa shape index (κ2) is 8.62. The van der Waals surface area contributed by atoms with Crippen LogP contribution in [0.25, 0.3) is 0 Å². The molecule has 0 saturated carbocycles. The Hall–Kier alpha value is -2.58. The molecule has 1 saturated heterocycles. The maximum Gasteiger partial charge on any atom is 0.257 e. The molecular weight excluding hydrogens is 380 g/mol. The van der Waals surface area contributed by atoms with Crippen LogP contribution in [0.4, 0.5) is 5.69 Å². The van der Waals surface area contributed by atoms with E-state index < -0.39 is 15.9 Å². The largest absolute Gasteiger partial charge is 0.497 e. The number of piperidine rings is 1. The summed E-state index contributed by atoms with van der Waals surface area (Å²) in [5.74, 6) is 0.527. The normalized spacial score (nSPS) is 15.1. The van der Waals surface area contributed by atoms with Gasteiger partial charge in [-0.2, -0.15) is 4.31 Å². The number of anilines is 1. The monoisotopic (exact) mass is 404 g/mol. The molecule has 1 aliphatic rings. The van der Waals surface area contributed by atoms with Crippen LogP contribution in [0.15, 0.2) is 47.4 Å². The van der Waals surface area contributed by atoms with Crippen LogP contribution in [-0.4, -0.2) is 45.9 Å². The molecule has 0 unspecified atom stereocenters. The molecule has 1 heterocycles. The number of hydrogen-bond acceptors (Lipinski definition) is 5. The third-order valence-corrected chi connectivity index (χ3v) is 6.63. The SMILES string of the molecule is COc1cc(NC(=O)c2ccccc2S(=O)(=O)N2CCCCC2)cc(OC)c1. The molecule has 7 nitrogen and oxygen atoms in total. The molecule has 0 atom stereocenters. The molecule has 28 heavy (non-hydrogen) atoms. The molecule has 1 aliphatic heterocycles. The lowest BCUT2D eigenvalue weighted by Gasteiger charge is -2.26. The number of benzene rings is 2. The van der Waals surface area contributed by atoms with Crippen LogP contribution in [-0.2, 0) is 10.0 Å². The Morgan fingerprint density at radius 1 is 0.964 bits per heavy atom. The van der Waals surface area contributed by atoms with Crippen molar-refractivity contribution < 1.29 is 22.7 Å². The molecule has 1 amide bonds. The predicted octanol–water partition coefficient (Wildman–Crippen LogP) is 3.13. The highest BCUT2D eigenvalue weighted by molar-refractivity contribution is 7.89. The Morgan fingerprint density at radius 3 is 2.18 bits per heavy atom. The molecule has 0 spiro atoms. The van der Waals surface area contributed by atoms with E-state index in [1.165, 1.54) is 30.7 Å². The maximum absolute atomic E-state index is 13.1. The Labute approximate surface area is 165 Å². The van der Waals surface area contributed by atoms with Gasteiger partial charge < -0.3 is 14.8 Å². The number of methoxy groups -OCH3 is 2. The summed E-state index contributed by atoms with van der Waals surface area (Å²) in [7, 11) is -0.703. The van der Waals surface area contributed by atoms with Crippen molar-refractivity contribution in [3.8, 4) is 11.5 Å². The van der Waals surface area contributed by atoms with Crippen molar-refractivity contribution in [3.05, 3.63) is 48.0 Å². The van der Waals surface area contributed by atoms with Crippen LogP contribution in [0.2, 0.25) is 0 Å². The fourth-order valence-corrected chi connectivity index (χ4v) is 4.91. The fourth-order valence-electron chi connectivity index (χ4n) is 3.20. The van der Waals surface area contributed by atoms with Gasteiger partial charge in [-0.1, -0.05) is 18.6 Å². The summed E-state index contributed by atoms with van der Waals surface area (Å²) in [5.41, 5.74) is 0.557. The highest BCUT2D eigenvalue weighted by Crippen LogP contribution is 2.28. The van der Waals surface area contributed by atoms with Crippen molar-refractivity contribution in [1.29, 1.82) is 0 Å². The second-order valence-electron chi connectivity index (χ2n) is 6.52. The van der Waals surface area contributed by atoms with Gasteiger partial charge in [0.05, 0.1) is 24.7 Å². The lowest BCUT2D eigenvalue weighted by molar-refractivity contribution is 0.102. The molecule has 0 aromatic heterocycles. The average molecular weight is 404 g/mol. The molecular formula is C20H24N2O5S. The Balaban J connectivity index is 1.91. The lowest BCUT2D eigenvalue weighted by Crippen LogP contribution is -2.36. The zero-order valence-corrected chi connectivity index (χ0v) is 16.8. The Bertz CT molecular complexity index is 931. The van der Waals surface area contributed by atoms with Crippen molar-refractivity contribution in [2.24, 2.45) is 0 Å². The van der Waals surface area contributed by atoms with Gasteiger partial charge in [0.1, 0.15) is 11.5 Å². The summed E-state index contributed by atoms with van der Waals surface area (Å²) < 4.78 is 38.0. The van der Waals surface area contributed by atoms with E-state index in [0.29, 0.717) is 30.3 Å². The van der Waals surface area contributed by atoms with Crippen LogP contribution in [0.1, 0.15) is 29.6 Å². The Morgan fingerprint density at radius 2 is 1.57 bits per heavy atom. The van der Waals surface area contributed by atoms with Gasteiger partial charge in [-0.25, -0.2) is 8.42 Å². The molecule has 0 radical (unpaired) electrons. The fraction of sp³-hybridized carbons (Fsp3) is 0.350. The Kier molecular flexibility index (Phi) is 6.21. The summed E-state index contributed by atoms with van der Waals surface area (Å²) >= 11 is 0. The van der Waals surface area contributed by atoms with Crippen molar-refractivity contribution in [2.75, 3.05) is 32.6 Å². The van der Waals surface area contributed by atoms with Crippen molar-refractivity contribution >= 4 is 21.6 Å². The standard InChI is InChI=1S/C20H24N2O5S/c1-26-16-12-15(13-17(14-16)27-2)21-20(23)18-8-4-5-9-19(18)28(24,25)22-10-6-3-7-11-22/h4-5,8-9,12-14H,3,6-7,10-11H2,1-2H3,(H,21,23). The number of carbonyl (C=O) groups excluding carboxylic acids is 1. The number of hydrogen-bond donors (Lipinski definition) is 1. The number of sulfonamides is 1. The molecule has 2 aromatic carbocycles. The van der Waals surface area contributed by atoms with Crippen molar-refractivity contribution in [2.45, 2.75) is 24.2 Å². The minimum Gasteiger partial charge on any atom is -0.497 e. The van der Waals surface area contributed by atoms with Crippen LogP contribution < -0.4 is 14.8 Å². The average Bonchev–Trinajstić information content (AvgIpc) is 2.74. The van der Waals surface area contributed by atoms with Crippen LogP contribution in [0, 0.1) is 0 Å². The summed E-state index contributed by atoms with van der Waals surface area (Å²) in [6, 6.07) is 11.2. The van der Waals surface area contributed by atoms with E-state index in [2.05, 4.69) is 5.32 Å². The molecule has 0 aliphatic carbocycles. The van der Waals surface area contributed by atoms with E-state index in [4.69, 9.17) is 9.47 Å². The third kappa shape index (κ3) is 4.28. The zero-order chi connectivity index (χ0) is 20.1. The minimum absolute atomic E-state index is 0.0178. The van der Waals surface area contributed by atoms with Crippen molar-refractivity contribution in [3.63, 3.8) is 0 Å². The predicted molar refractivity (Wildman–Crippen MR) is 107 cm³/mol. The first-order valence-corrected chi connectivity index (χ1v) is 10.5. The quantitative estimate of drug-likeness (QED) is 0.800. The minimum atomic E-state index is -3.73. The summed E-state index contributed by atoms with van der Waals surface area (Å²) in [6.45, 7) is 0.955. The number of nitrogens with zero attached hydrogens (tertiary/aromatic N) is 1. The first-order valence-electron chi connectivity index (χ1n) is 9.09. The van der Waals surface area contributed by atoms with Gasteiger partial charge in [0.15, 0.2) is 0 Å². The van der Waals surface area contributed by atoms with Gasteiger partial charge in [0.2, 0.25) is 10.0 Å². The number of nitrogens with one attached hydrogen (secondary N) is 1. The van der Waals surface area contributed by atoms with E-state index in [1.807, 2.05) is 0 Å². The van der Waals surface area contributed by atoms with Crippen LogP contribution in [0.3, 0.4) is 0 Å². The second-order valence-corrected chi connectivity index (χ2v) is 8.42. The third-order valence-electron chi connectivity index (χ3n) is 4.67. The smallest absolute Gasteiger partial charge is 0.257 e. The van der Waals surface area contributed by atoms with Crippen LogP contribution >= 0.6 is 0 Å². The van der Waals surface area contributed by atoms with E-state index in [1.54, 1.807) is 30.3 Å². The number of amides is 1. The molecule has 8 heteroatoms. The van der Waals surface area contributed by atoms with Crippen molar-refractivity contribution in [1.82, 2.24) is 4.31 Å². The lowest BCUT2D eigenvalue weighted by atomic mass is 10.2. The maximum atomic E-state index is 13.1.